The number of carboxylic acid groups (broad SMARTS) is 1. The van der Waals surface area contributed by atoms with Crippen molar-refractivity contribution in [2.75, 3.05) is 18.1 Å². The van der Waals surface area contributed by atoms with E-state index >= 15 is 0 Å². The van der Waals surface area contributed by atoms with Crippen molar-refractivity contribution in [1.29, 1.82) is 0 Å². The molecule has 6 heteroatoms. The maximum Gasteiger partial charge on any atom is 0.310 e. The first kappa shape index (κ1) is 15.3. The molecule has 0 bridgehead atoms. The molecular formula is C15H24O5S. The van der Waals surface area contributed by atoms with E-state index in [0.29, 0.717) is 13.0 Å². The first-order valence-electron chi connectivity index (χ1n) is 7.95. The number of hydrogen-bond donors (Lipinski definition) is 1. The summed E-state index contributed by atoms with van der Waals surface area (Å²) in [6.45, 7) is 0.569. The fourth-order valence-corrected chi connectivity index (χ4v) is 6.69. The van der Waals surface area contributed by atoms with Gasteiger partial charge >= 0.3 is 5.97 Å². The van der Waals surface area contributed by atoms with Crippen LogP contribution in [0.1, 0.15) is 51.4 Å². The lowest BCUT2D eigenvalue weighted by Gasteiger charge is -2.47. The molecule has 0 amide bonds. The zero-order valence-electron chi connectivity index (χ0n) is 12.3. The normalized spacial score (nSPS) is 38.4. The number of rotatable bonds is 2. The highest BCUT2D eigenvalue weighted by Crippen LogP contribution is 2.50. The van der Waals surface area contributed by atoms with Crippen LogP contribution in [0.2, 0.25) is 0 Å². The summed E-state index contributed by atoms with van der Waals surface area (Å²) in [5, 5.41) is 9.73. The number of carboxylic acids is 1. The molecule has 5 nitrogen and oxygen atoms in total. The summed E-state index contributed by atoms with van der Waals surface area (Å²) in [6.07, 6.45) is 7.12. The molecule has 2 unspecified atom stereocenters. The molecule has 2 atom stereocenters. The Morgan fingerprint density at radius 3 is 2.43 bits per heavy atom. The average molecular weight is 316 g/mol. The molecule has 2 aliphatic heterocycles. The van der Waals surface area contributed by atoms with E-state index in [2.05, 4.69) is 0 Å². The van der Waals surface area contributed by atoms with E-state index in [9.17, 15) is 18.3 Å². The Kier molecular flexibility index (Phi) is 3.81. The van der Waals surface area contributed by atoms with Crippen LogP contribution in [0.5, 0.6) is 0 Å². The van der Waals surface area contributed by atoms with Gasteiger partial charge in [0.05, 0.1) is 22.5 Å². The van der Waals surface area contributed by atoms with Gasteiger partial charge in [0, 0.05) is 6.61 Å². The molecule has 0 aromatic carbocycles. The van der Waals surface area contributed by atoms with E-state index in [1.165, 1.54) is 6.42 Å². The summed E-state index contributed by atoms with van der Waals surface area (Å²) in [6, 6.07) is 0. The molecule has 1 aliphatic carbocycles. The highest BCUT2D eigenvalue weighted by atomic mass is 32.2. The van der Waals surface area contributed by atoms with Crippen LogP contribution in [0.15, 0.2) is 0 Å². The predicted molar refractivity (Wildman–Crippen MR) is 77.8 cm³/mol. The average Bonchev–Trinajstić information content (AvgIpc) is 2.77. The summed E-state index contributed by atoms with van der Waals surface area (Å²) in [4.78, 5) is 11.9. The van der Waals surface area contributed by atoms with Crippen LogP contribution in [0.25, 0.3) is 0 Å². The molecule has 0 aromatic heterocycles. The van der Waals surface area contributed by atoms with Gasteiger partial charge in [-0.05, 0) is 38.0 Å². The van der Waals surface area contributed by atoms with Crippen molar-refractivity contribution in [3.63, 3.8) is 0 Å². The highest BCUT2D eigenvalue weighted by molar-refractivity contribution is 7.91. The van der Waals surface area contributed by atoms with E-state index in [1.54, 1.807) is 0 Å². The van der Waals surface area contributed by atoms with E-state index in [4.69, 9.17) is 4.74 Å². The van der Waals surface area contributed by atoms with Gasteiger partial charge in [0.2, 0.25) is 0 Å². The minimum atomic E-state index is -3.21. The molecule has 3 rings (SSSR count). The molecule has 1 spiro atoms. The third-order valence-electron chi connectivity index (χ3n) is 5.80. The summed E-state index contributed by atoms with van der Waals surface area (Å²) < 4.78 is 29.8. The van der Waals surface area contributed by atoms with E-state index < -0.39 is 21.2 Å². The Labute approximate surface area is 126 Å². The predicted octanol–water partition coefficient (Wildman–Crippen LogP) is 2.01. The zero-order chi connectivity index (χ0) is 15.1. The van der Waals surface area contributed by atoms with Gasteiger partial charge in [-0.25, -0.2) is 8.42 Å². The topological polar surface area (TPSA) is 80.7 Å². The molecule has 2 heterocycles. The summed E-state index contributed by atoms with van der Waals surface area (Å²) in [5.41, 5.74) is -1.26. The van der Waals surface area contributed by atoms with Crippen molar-refractivity contribution >= 4 is 15.8 Å². The van der Waals surface area contributed by atoms with E-state index in [-0.39, 0.29) is 29.4 Å². The van der Waals surface area contributed by atoms with Crippen molar-refractivity contribution < 1.29 is 23.1 Å². The number of aliphatic carboxylic acids is 1. The first-order valence-corrected chi connectivity index (χ1v) is 9.78. The second kappa shape index (κ2) is 5.23. The summed E-state index contributed by atoms with van der Waals surface area (Å²) in [7, 11) is -3.21. The molecule has 120 valence electrons. The lowest BCUT2D eigenvalue weighted by molar-refractivity contribution is -0.164. The molecule has 3 aliphatic rings. The Hall–Kier alpha value is -0.620. The standard InChI is InChI=1S/C15H24O5S/c16-13(17)15(7-9-21(18,19)11-15)12-4-8-20-14(10-12)5-2-1-3-6-14/h12H,1-11H2,(H,16,17). The van der Waals surface area contributed by atoms with Crippen LogP contribution < -0.4 is 0 Å². The molecular weight excluding hydrogens is 292 g/mol. The van der Waals surface area contributed by atoms with Crippen LogP contribution in [-0.2, 0) is 19.4 Å². The smallest absolute Gasteiger partial charge is 0.310 e. The molecule has 0 radical (unpaired) electrons. The van der Waals surface area contributed by atoms with Gasteiger partial charge in [0.25, 0.3) is 0 Å². The minimum absolute atomic E-state index is 0.0175. The van der Waals surface area contributed by atoms with E-state index in [1.807, 2.05) is 0 Å². The van der Waals surface area contributed by atoms with Crippen LogP contribution in [0.4, 0.5) is 0 Å². The van der Waals surface area contributed by atoms with Crippen molar-refractivity contribution in [1.82, 2.24) is 0 Å². The lowest BCUT2D eigenvalue weighted by Crippen LogP contribution is -2.49. The Morgan fingerprint density at radius 1 is 1.14 bits per heavy atom. The van der Waals surface area contributed by atoms with Gasteiger partial charge in [-0.1, -0.05) is 19.3 Å². The van der Waals surface area contributed by atoms with Gasteiger partial charge in [-0.2, -0.15) is 0 Å². The Balaban J connectivity index is 1.85. The third-order valence-corrected chi connectivity index (χ3v) is 7.58. The van der Waals surface area contributed by atoms with Crippen molar-refractivity contribution in [3.05, 3.63) is 0 Å². The van der Waals surface area contributed by atoms with Gasteiger partial charge in [0.15, 0.2) is 9.84 Å². The highest BCUT2D eigenvalue weighted by Gasteiger charge is 2.56. The SMILES string of the molecule is O=C(O)C1(C2CCOC3(CCCCC3)C2)CCS(=O)(=O)C1. The monoisotopic (exact) mass is 316 g/mol. The van der Waals surface area contributed by atoms with E-state index in [0.717, 1.165) is 32.1 Å². The van der Waals surface area contributed by atoms with Crippen LogP contribution >= 0.6 is 0 Å². The zero-order valence-corrected chi connectivity index (χ0v) is 13.2. The maximum absolute atomic E-state index is 11.9. The summed E-state index contributed by atoms with van der Waals surface area (Å²) in [5.74, 6) is -1.17. The van der Waals surface area contributed by atoms with Crippen molar-refractivity contribution in [3.8, 4) is 0 Å². The maximum atomic E-state index is 11.9. The summed E-state index contributed by atoms with van der Waals surface area (Å²) >= 11 is 0. The van der Waals surface area contributed by atoms with Gasteiger partial charge in [0.1, 0.15) is 0 Å². The molecule has 1 N–H and O–H groups in total. The van der Waals surface area contributed by atoms with Crippen LogP contribution in [-0.4, -0.2) is 43.2 Å². The van der Waals surface area contributed by atoms with Gasteiger partial charge in [-0.15, -0.1) is 0 Å². The Morgan fingerprint density at radius 2 is 1.86 bits per heavy atom. The molecule has 0 aromatic rings. The quantitative estimate of drug-likeness (QED) is 0.843. The Bertz CT molecular complexity index is 515. The van der Waals surface area contributed by atoms with Gasteiger partial charge in [-0.3, -0.25) is 4.79 Å². The van der Waals surface area contributed by atoms with Crippen molar-refractivity contribution in [2.45, 2.75) is 57.0 Å². The number of sulfone groups is 1. The molecule has 21 heavy (non-hydrogen) atoms. The number of ether oxygens (including phenoxy) is 1. The fraction of sp³-hybridized carbons (Fsp3) is 0.933. The largest absolute Gasteiger partial charge is 0.481 e. The third kappa shape index (κ3) is 2.72. The second-order valence-electron chi connectivity index (χ2n) is 7.09. The number of carbonyl (C=O) groups is 1. The van der Waals surface area contributed by atoms with Gasteiger partial charge < -0.3 is 9.84 Å². The lowest BCUT2D eigenvalue weighted by atomic mass is 9.65. The molecule has 1 saturated carbocycles. The van der Waals surface area contributed by atoms with Crippen molar-refractivity contribution in [2.24, 2.45) is 11.3 Å². The number of hydrogen-bond acceptors (Lipinski definition) is 4. The van der Waals surface area contributed by atoms with Crippen LogP contribution in [0, 0.1) is 11.3 Å². The molecule has 2 saturated heterocycles. The van der Waals surface area contributed by atoms with Crippen LogP contribution in [0.3, 0.4) is 0 Å². The molecule has 3 fully saturated rings. The fourth-order valence-electron chi connectivity index (χ4n) is 4.58. The minimum Gasteiger partial charge on any atom is -0.481 e. The second-order valence-corrected chi connectivity index (χ2v) is 9.27. The first-order chi connectivity index (χ1) is 9.88.